The molecule has 28 heavy (non-hydrogen) atoms. The molecule has 1 heterocycles. The monoisotopic (exact) mass is 415 g/mol. The number of imide groups is 1. The van der Waals surface area contributed by atoms with E-state index in [-0.39, 0.29) is 16.3 Å². The number of nitrogens with zero attached hydrogens (tertiary/aromatic N) is 1. The molecule has 1 aromatic heterocycles. The molecule has 0 atom stereocenters. The zero-order chi connectivity index (χ0) is 20.1. The average Bonchev–Trinajstić information content (AvgIpc) is 2.68. The summed E-state index contributed by atoms with van der Waals surface area (Å²) in [4.78, 5) is 28.8. The third-order valence-electron chi connectivity index (χ3n) is 3.81. The molecule has 0 saturated heterocycles. The lowest BCUT2D eigenvalue weighted by molar-refractivity contribution is 0.0964. The molecule has 0 unspecified atom stereocenters. The molecule has 3 amide bonds. The van der Waals surface area contributed by atoms with E-state index in [1.165, 1.54) is 19.4 Å². The Hall–Kier alpha value is -3.09. The first-order valence-corrected chi connectivity index (χ1v) is 8.90. The molecule has 2 N–H and O–H groups in total. The number of carbonyl (C=O) groups is 2. The topological polar surface area (TPSA) is 80.3 Å². The van der Waals surface area contributed by atoms with Gasteiger partial charge >= 0.3 is 6.03 Å². The first-order chi connectivity index (χ1) is 13.5. The smallest absolute Gasteiger partial charge is 0.326 e. The standard InChI is InChI=1S/C20H15Cl2N3O3/c1-28-17-4-2-3-15(22)18(17)19(26)25-20(27)24-14-9-10-16(23-11-14)12-5-7-13(21)8-6-12/h2-11H,1H3,(H2,24,25,26,27). The second-order valence-electron chi connectivity index (χ2n) is 5.66. The number of benzene rings is 2. The Morgan fingerprint density at radius 3 is 2.39 bits per heavy atom. The number of aromatic nitrogens is 1. The van der Waals surface area contributed by atoms with Gasteiger partial charge in [0.15, 0.2) is 0 Å². The molecule has 8 heteroatoms. The molecule has 0 saturated carbocycles. The Labute approximate surface area is 171 Å². The Morgan fingerprint density at radius 2 is 1.75 bits per heavy atom. The van der Waals surface area contributed by atoms with Gasteiger partial charge in [-0.15, -0.1) is 0 Å². The van der Waals surface area contributed by atoms with Crippen LogP contribution in [-0.4, -0.2) is 24.0 Å². The van der Waals surface area contributed by atoms with Crippen molar-refractivity contribution in [1.82, 2.24) is 10.3 Å². The van der Waals surface area contributed by atoms with Crippen molar-refractivity contribution in [3.8, 4) is 17.0 Å². The maximum atomic E-state index is 12.3. The molecule has 3 aromatic rings. The molecule has 0 aliphatic heterocycles. The van der Waals surface area contributed by atoms with Crippen molar-refractivity contribution in [2.45, 2.75) is 0 Å². The first kappa shape index (κ1) is 19.7. The number of hydrogen-bond acceptors (Lipinski definition) is 4. The van der Waals surface area contributed by atoms with Crippen LogP contribution < -0.4 is 15.4 Å². The fraction of sp³-hybridized carbons (Fsp3) is 0.0500. The van der Waals surface area contributed by atoms with Crippen LogP contribution in [0.1, 0.15) is 10.4 Å². The van der Waals surface area contributed by atoms with Gasteiger partial charge in [-0.1, -0.05) is 41.4 Å². The fourth-order valence-electron chi connectivity index (χ4n) is 2.48. The van der Waals surface area contributed by atoms with Gasteiger partial charge in [0.05, 0.1) is 29.7 Å². The van der Waals surface area contributed by atoms with Gasteiger partial charge in [0, 0.05) is 10.6 Å². The van der Waals surface area contributed by atoms with Crippen molar-refractivity contribution in [2.75, 3.05) is 12.4 Å². The summed E-state index contributed by atoms with van der Waals surface area (Å²) in [6.45, 7) is 0. The predicted molar refractivity (Wildman–Crippen MR) is 109 cm³/mol. The summed E-state index contributed by atoms with van der Waals surface area (Å²) < 4.78 is 5.11. The molecule has 6 nitrogen and oxygen atoms in total. The largest absolute Gasteiger partial charge is 0.496 e. The summed E-state index contributed by atoms with van der Waals surface area (Å²) in [5.41, 5.74) is 2.12. The fourth-order valence-corrected chi connectivity index (χ4v) is 2.86. The van der Waals surface area contributed by atoms with Gasteiger partial charge in [-0.05, 0) is 36.4 Å². The Bertz CT molecular complexity index is 1010. The van der Waals surface area contributed by atoms with Crippen LogP contribution in [0.15, 0.2) is 60.8 Å². The summed E-state index contributed by atoms with van der Waals surface area (Å²) in [6, 6.07) is 14.7. The lowest BCUT2D eigenvalue weighted by Crippen LogP contribution is -2.34. The quantitative estimate of drug-likeness (QED) is 0.626. The number of hydrogen-bond donors (Lipinski definition) is 2. The van der Waals surface area contributed by atoms with Crippen LogP contribution >= 0.6 is 23.2 Å². The normalized spacial score (nSPS) is 10.2. The highest BCUT2D eigenvalue weighted by Crippen LogP contribution is 2.26. The van der Waals surface area contributed by atoms with E-state index in [0.29, 0.717) is 10.7 Å². The third kappa shape index (κ3) is 4.60. The minimum atomic E-state index is -0.715. The van der Waals surface area contributed by atoms with Gasteiger partial charge in [0.2, 0.25) is 0 Å². The molecule has 0 bridgehead atoms. The van der Waals surface area contributed by atoms with E-state index >= 15 is 0 Å². The van der Waals surface area contributed by atoms with E-state index in [4.69, 9.17) is 27.9 Å². The average molecular weight is 416 g/mol. The first-order valence-electron chi connectivity index (χ1n) is 8.15. The van der Waals surface area contributed by atoms with E-state index in [9.17, 15) is 9.59 Å². The summed E-state index contributed by atoms with van der Waals surface area (Å²) in [5, 5.41) is 5.58. The highest BCUT2D eigenvalue weighted by molar-refractivity contribution is 6.34. The molecule has 2 aromatic carbocycles. The van der Waals surface area contributed by atoms with Crippen molar-refractivity contribution < 1.29 is 14.3 Å². The highest BCUT2D eigenvalue weighted by Gasteiger charge is 2.18. The van der Waals surface area contributed by atoms with Crippen LogP contribution in [0.2, 0.25) is 10.0 Å². The number of ether oxygens (including phenoxy) is 1. The Balaban J connectivity index is 1.67. The van der Waals surface area contributed by atoms with E-state index in [0.717, 1.165) is 11.3 Å². The van der Waals surface area contributed by atoms with E-state index in [2.05, 4.69) is 15.6 Å². The summed E-state index contributed by atoms with van der Waals surface area (Å²) in [5.74, 6) is -0.405. The van der Waals surface area contributed by atoms with E-state index in [1.54, 1.807) is 36.4 Å². The van der Waals surface area contributed by atoms with Crippen molar-refractivity contribution in [3.63, 3.8) is 0 Å². The highest BCUT2D eigenvalue weighted by atomic mass is 35.5. The predicted octanol–water partition coefficient (Wildman–Crippen LogP) is 5.03. The maximum absolute atomic E-state index is 12.3. The van der Waals surface area contributed by atoms with Crippen LogP contribution in [0.3, 0.4) is 0 Å². The molecular weight excluding hydrogens is 401 g/mol. The minimum absolute atomic E-state index is 0.0815. The third-order valence-corrected chi connectivity index (χ3v) is 4.38. The van der Waals surface area contributed by atoms with Crippen molar-refractivity contribution in [3.05, 3.63) is 76.4 Å². The SMILES string of the molecule is COc1cccc(Cl)c1C(=O)NC(=O)Nc1ccc(-c2ccc(Cl)cc2)nc1. The molecule has 0 radical (unpaired) electrons. The summed E-state index contributed by atoms with van der Waals surface area (Å²) >= 11 is 11.9. The zero-order valence-electron chi connectivity index (χ0n) is 14.7. The van der Waals surface area contributed by atoms with Crippen molar-refractivity contribution in [2.24, 2.45) is 0 Å². The van der Waals surface area contributed by atoms with Crippen molar-refractivity contribution >= 4 is 40.8 Å². The number of carbonyl (C=O) groups excluding carboxylic acids is 2. The van der Waals surface area contributed by atoms with Gasteiger partial charge < -0.3 is 10.1 Å². The Morgan fingerprint density at radius 1 is 1.00 bits per heavy atom. The van der Waals surface area contributed by atoms with Gasteiger partial charge in [-0.2, -0.15) is 0 Å². The molecule has 0 aliphatic carbocycles. The van der Waals surface area contributed by atoms with Gasteiger partial charge in [-0.25, -0.2) is 4.79 Å². The number of nitrogens with one attached hydrogen (secondary N) is 2. The summed E-state index contributed by atoms with van der Waals surface area (Å²) in [6.07, 6.45) is 1.49. The Kier molecular flexibility index (Phi) is 6.13. The molecular formula is C20H15Cl2N3O3. The number of amides is 3. The van der Waals surface area contributed by atoms with E-state index in [1.807, 2.05) is 12.1 Å². The maximum Gasteiger partial charge on any atom is 0.326 e. The zero-order valence-corrected chi connectivity index (χ0v) is 16.2. The second kappa shape index (κ2) is 8.73. The number of halogens is 2. The number of pyridine rings is 1. The van der Waals surface area contributed by atoms with Crippen LogP contribution in [0.25, 0.3) is 11.3 Å². The number of methoxy groups -OCH3 is 1. The molecule has 142 valence electrons. The minimum Gasteiger partial charge on any atom is -0.496 e. The number of anilines is 1. The number of rotatable bonds is 4. The van der Waals surface area contributed by atoms with Crippen molar-refractivity contribution in [1.29, 1.82) is 0 Å². The lowest BCUT2D eigenvalue weighted by Gasteiger charge is -2.11. The van der Waals surface area contributed by atoms with Crippen LogP contribution in [0.5, 0.6) is 5.75 Å². The molecule has 3 rings (SSSR count). The molecule has 0 aliphatic rings. The van der Waals surface area contributed by atoms with Crippen LogP contribution in [0, 0.1) is 0 Å². The van der Waals surface area contributed by atoms with Crippen LogP contribution in [-0.2, 0) is 0 Å². The van der Waals surface area contributed by atoms with Gasteiger partial charge in [0.25, 0.3) is 5.91 Å². The van der Waals surface area contributed by atoms with E-state index < -0.39 is 11.9 Å². The number of urea groups is 1. The summed E-state index contributed by atoms with van der Waals surface area (Å²) in [7, 11) is 1.41. The molecule has 0 fully saturated rings. The van der Waals surface area contributed by atoms with Crippen LogP contribution in [0.4, 0.5) is 10.5 Å². The lowest BCUT2D eigenvalue weighted by atomic mass is 10.1. The van der Waals surface area contributed by atoms with Gasteiger partial charge in [0.1, 0.15) is 11.3 Å². The van der Waals surface area contributed by atoms with Gasteiger partial charge in [-0.3, -0.25) is 15.1 Å². The molecule has 0 spiro atoms. The second-order valence-corrected chi connectivity index (χ2v) is 6.51.